The summed E-state index contributed by atoms with van der Waals surface area (Å²) < 4.78 is 4.97. The fourth-order valence-electron chi connectivity index (χ4n) is 1.46. The van der Waals surface area contributed by atoms with Gasteiger partial charge in [-0.15, -0.1) is 11.3 Å². The van der Waals surface area contributed by atoms with Crippen LogP contribution in [0.3, 0.4) is 0 Å². The fraction of sp³-hybridized carbons (Fsp3) is 0.583. The van der Waals surface area contributed by atoms with Crippen LogP contribution in [0.5, 0.6) is 0 Å². The van der Waals surface area contributed by atoms with Crippen molar-refractivity contribution < 1.29 is 9.53 Å². The third-order valence-corrected chi connectivity index (χ3v) is 3.52. The van der Waals surface area contributed by atoms with Gasteiger partial charge in [-0.25, -0.2) is 4.98 Å². The second-order valence-corrected chi connectivity index (χ2v) is 4.94. The summed E-state index contributed by atoms with van der Waals surface area (Å²) in [4.78, 5) is 18.1. The summed E-state index contributed by atoms with van der Waals surface area (Å²) in [6.45, 7) is 3.08. The predicted molar refractivity (Wildman–Crippen MR) is 72.7 cm³/mol. The second kappa shape index (κ2) is 7.84. The molecule has 6 nitrogen and oxygen atoms in total. The van der Waals surface area contributed by atoms with Crippen LogP contribution in [0.2, 0.25) is 0 Å². The Balaban J connectivity index is 2.76. The lowest BCUT2D eigenvalue weighted by Crippen LogP contribution is -2.35. The number of thiazole rings is 1. The molecule has 19 heavy (non-hydrogen) atoms. The Hall–Kier alpha value is -1.49. The molecule has 0 bridgehead atoms. The van der Waals surface area contributed by atoms with Gasteiger partial charge in [0.05, 0.1) is 25.1 Å². The largest absolute Gasteiger partial charge is 0.383 e. The van der Waals surface area contributed by atoms with Gasteiger partial charge >= 0.3 is 0 Å². The third-order valence-electron chi connectivity index (χ3n) is 2.48. The van der Waals surface area contributed by atoms with E-state index in [-0.39, 0.29) is 11.9 Å². The van der Waals surface area contributed by atoms with Crippen LogP contribution in [0.4, 0.5) is 0 Å². The maximum atomic E-state index is 12.3. The van der Waals surface area contributed by atoms with Crippen molar-refractivity contribution in [3.8, 4) is 6.07 Å². The van der Waals surface area contributed by atoms with Gasteiger partial charge in [0.25, 0.3) is 5.91 Å². The van der Waals surface area contributed by atoms with Crippen molar-refractivity contribution in [1.82, 2.24) is 9.88 Å². The van der Waals surface area contributed by atoms with Crippen LogP contribution in [-0.4, -0.2) is 42.6 Å². The van der Waals surface area contributed by atoms with Gasteiger partial charge in [0.1, 0.15) is 10.7 Å². The van der Waals surface area contributed by atoms with Gasteiger partial charge in [-0.3, -0.25) is 4.79 Å². The molecule has 1 aromatic rings. The number of carbonyl (C=O) groups excluding carboxylic acids is 1. The lowest BCUT2D eigenvalue weighted by Gasteiger charge is -2.20. The summed E-state index contributed by atoms with van der Waals surface area (Å²) in [5.74, 6) is -0.185. The second-order valence-electron chi connectivity index (χ2n) is 4.05. The zero-order valence-electron chi connectivity index (χ0n) is 11.1. The van der Waals surface area contributed by atoms with E-state index in [1.54, 1.807) is 17.4 Å². The summed E-state index contributed by atoms with van der Waals surface area (Å²) in [6.07, 6.45) is 0.291. The molecule has 1 rings (SSSR count). The van der Waals surface area contributed by atoms with E-state index in [4.69, 9.17) is 15.7 Å². The summed E-state index contributed by atoms with van der Waals surface area (Å²) in [5.41, 5.74) is 6.10. The van der Waals surface area contributed by atoms with Gasteiger partial charge in [-0.1, -0.05) is 0 Å². The molecule has 0 saturated carbocycles. The van der Waals surface area contributed by atoms with Gasteiger partial charge < -0.3 is 15.4 Å². The maximum Gasteiger partial charge on any atom is 0.273 e. The zero-order chi connectivity index (χ0) is 14.3. The average molecular weight is 282 g/mol. The first-order chi connectivity index (χ1) is 9.10. The van der Waals surface area contributed by atoms with E-state index >= 15 is 0 Å². The van der Waals surface area contributed by atoms with Crippen molar-refractivity contribution in [3.05, 3.63) is 16.1 Å². The minimum absolute atomic E-state index is 0.182. The molecule has 0 aliphatic heterocycles. The van der Waals surface area contributed by atoms with Crippen molar-refractivity contribution in [2.24, 2.45) is 5.73 Å². The molecular weight excluding hydrogens is 264 g/mol. The molecule has 0 aromatic carbocycles. The molecular formula is C12H18N4O2S. The molecule has 1 amide bonds. The van der Waals surface area contributed by atoms with Crippen LogP contribution >= 0.6 is 11.3 Å². The summed E-state index contributed by atoms with van der Waals surface area (Å²) >= 11 is 1.37. The number of hydrogen-bond donors (Lipinski definition) is 1. The van der Waals surface area contributed by atoms with E-state index in [1.165, 1.54) is 11.3 Å². The number of rotatable bonds is 7. The lowest BCUT2D eigenvalue weighted by molar-refractivity contribution is 0.0694. The number of nitriles is 1. The quantitative estimate of drug-likeness (QED) is 0.810. The van der Waals surface area contributed by atoms with Crippen molar-refractivity contribution in [3.63, 3.8) is 0 Å². The Morgan fingerprint density at radius 2 is 2.42 bits per heavy atom. The Morgan fingerprint density at radius 3 is 2.95 bits per heavy atom. The molecule has 0 spiro atoms. The molecule has 1 atom stereocenters. The van der Waals surface area contributed by atoms with Crippen LogP contribution in [0.1, 0.15) is 34.9 Å². The molecule has 0 fully saturated rings. The maximum absolute atomic E-state index is 12.3. The van der Waals surface area contributed by atoms with Gasteiger partial charge in [0.2, 0.25) is 0 Å². The van der Waals surface area contributed by atoms with E-state index in [9.17, 15) is 4.79 Å². The third kappa shape index (κ3) is 4.59. The van der Waals surface area contributed by atoms with E-state index in [1.807, 2.05) is 13.0 Å². The highest BCUT2D eigenvalue weighted by Gasteiger charge is 2.19. The molecule has 0 aliphatic carbocycles. The molecule has 0 aliphatic rings. The highest BCUT2D eigenvalue weighted by molar-refractivity contribution is 7.09. The zero-order valence-corrected chi connectivity index (χ0v) is 11.9. The van der Waals surface area contributed by atoms with Gasteiger partial charge in [0.15, 0.2) is 0 Å². The van der Waals surface area contributed by atoms with E-state index in [0.717, 1.165) is 5.01 Å². The topological polar surface area (TPSA) is 92.2 Å². The van der Waals surface area contributed by atoms with Crippen LogP contribution in [0.15, 0.2) is 5.38 Å². The monoisotopic (exact) mass is 282 g/mol. The Morgan fingerprint density at radius 1 is 1.68 bits per heavy atom. The average Bonchev–Trinajstić information content (AvgIpc) is 2.88. The molecule has 104 valence electrons. The van der Waals surface area contributed by atoms with E-state index < -0.39 is 0 Å². The number of amides is 1. The molecule has 0 radical (unpaired) electrons. The van der Waals surface area contributed by atoms with Crippen LogP contribution < -0.4 is 5.73 Å². The lowest BCUT2D eigenvalue weighted by atomic mass is 10.3. The van der Waals surface area contributed by atoms with Crippen molar-refractivity contribution in [1.29, 1.82) is 5.26 Å². The van der Waals surface area contributed by atoms with E-state index in [2.05, 4.69) is 4.98 Å². The number of hydrogen-bond acceptors (Lipinski definition) is 6. The summed E-state index contributed by atoms with van der Waals surface area (Å²) in [5, 5.41) is 11.1. The standard InChI is InChI=1S/C12H18N4O2S/c1-9(14)11-15-10(8-19-11)12(17)16(5-3-4-13)6-7-18-2/h8-9H,3,5-7,14H2,1-2H3. The molecule has 2 N–H and O–H groups in total. The highest BCUT2D eigenvalue weighted by Crippen LogP contribution is 2.17. The van der Waals surface area contributed by atoms with Gasteiger partial charge in [-0.05, 0) is 6.92 Å². The highest BCUT2D eigenvalue weighted by atomic mass is 32.1. The van der Waals surface area contributed by atoms with Crippen LogP contribution in [0.25, 0.3) is 0 Å². The first kappa shape index (κ1) is 15.6. The van der Waals surface area contributed by atoms with Crippen molar-refractivity contribution in [2.75, 3.05) is 26.8 Å². The SMILES string of the molecule is COCCN(CCC#N)C(=O)c1csc(C(C)N)n1. The number of nitrogens with two attached hydrogens (primary N) is 1. The van der Waals surface area contributed by atoms with Crippen molar-refractivity contribution in [2.45, 2.75) is 19.4 Å². The number of aromatic nitrogens is 1. The Bertz CT molecular complexity index is 453. The fourth-order valence-corrected chi connectivity index (χ4v) is 2.21. The van der Waals surface area contributed by atoms with Gasteiger partial charge in [-0.2, -0.15) is 5.26 Å². The van der Waals surface area contributed by atoms with Crippen LogP contribution in [-0.2, 0) is 4.74 Å². The van der Waals surface area contributed by atoms with E-state index in [0.29, 0.717) is 31.8 Å². The summed E-state index contributed by atoms with van der Waals surface area (Å²) in [6, 6.07) is 1.85. The first-order valence-electron chi connectivity index (χ1n) is 5.96. The molecule has 7 heteroatoms. The normalized spacial score (nSPS) is 11.9. The minimum Gasteiger partial charge on any atom is -0.383 e. The number of carbonyl (C=O) groups is 1. The molecule has 1 heterocycles. The minimum atomic E-state index is -0.185. The number of methoxy groups -OCH3 is 1. The number of ether oxygens (including phenoxy) is 1. The summed E-state index contributed by atoms with van der Waals surface area (Å²) in [7, 11) is 1.57. The van der Waals surface area contributed by atoms with Crippen LogP contribution in [0, 0.1) is 11.3 Å². The number of nitrogens with zero attached hydrogens (tertiary/aromatic N) is 3. The molecule has 0 saturated heterocycles. The predicted octanol–water partition coefficient (Wildman–Crippen LogP) is 1.17. The Labute approximate surface area is 116 Å². The van der Waals surface area contributed by atoms with Crippen molar-refractivity contribution >= 4 is 17.2 Å². The van der Waals surface area contributed by atoms with Gasteiger partial charge in [0, 0.05) is 25.6 Å². The molecule has 1 unspecified atom stereocenters. The Kier molecular flexibility index (Phi) is 6.42. The first-order valence-corrected chi connectivity index (χ1v) is 6.84. The molecule has 1 aromatic heterocycles. The smallest absolute Gasteiger partial charge is 0.273 e.